The second kappa shape index (κ2) is 4.82. The van der Waals surface area contributed by atoms with Crippen LogP contribution in [0.1, 0.15) is 0 Å². The van der Waals surface area contributed by atoms with Crippen LogP contribution in [0.3, 0.4) is 0 Å². The summed E-state index contributed by atoms with van der Waals surface area (Å²) < 4.78 is 4.16. The molecule has 46 valence electrons. The topological polar surface area (TPSA) is 55.4 Å². The van der Waals surface area contributed by atoms with Crippen LogP contribution in [0, 0.1) is 0 Å². The van der Waals surface area contributed by atoms with Crippen molar-refractivity contribution < 1.29 is 12.7 Å². The van der Waals surface area contributed by atoms with Crippen LogP contribution in [0.25, 0.3) is 0 Å². The van der Waals surface area contributed by atoms with Gasteiger partial charge in [0.1, 0.15) is 6.54 Å². The normalized spacial score (nSPS) is 7.62. The van der Waals surface area contributed by atoms with Gasteiger partial charge in [-0.15, -0.1) is 0 Å². The standard InChI is InChI=1S/C3H4INO3/c4-8-3(7)1-5-2-6/h2H,1H2,(H,5,6). The van der Waals surface area contributed by atoms with Crippen molar-refractivity contribution in [2.75, 3.05) is 6.54 Å². The zero-order valence-corrected chi connectivity index (χ0v) is 6.04. The molecular formula is C3H4INO3. The van der Waals surface area contributed by atoms with E-state index in [0.29, 0.717) is 6.41 Å². The minimum atomic E-state index is -0.460. The van der Waals surface area contributed by atoms with Crippen LogP contribution in [-0.4, -0.2) is 18.9 Å². The molecule has 0 atom stereocenters. The van der Waals surface area contributed by atoms with Gasteiger partial charge in [0, 0.05) is 0 Å². The van der Waals surface area contributed by atoms with Gasteiger partial charge in [-0.05, 0) is 0 Å². The largest absolute Gasteiger partial charge is 0.393 e. The number of hydrogen-bond donors (Lipinski definition) is 1. The Kier molecular flexibility index (Phi) is 4.62. The number of carbonyl (C=O) groups excluding carboxylic acids is 2. The summed E-state index contributed by atoms with van der Waals surface area (Å²) in [6, 6.07) is 0. The van der Waals surface area contributed by atoms with Crippen LogP contribution in [0.15, 0.2) is 0 Å². The summed E-state index contributed by atoms with van der Waals surface area (Å²) in [5.74, 6) is -0.460. The molecule has 0 spiro atoms. The molecule has 1 amide bonds. The highest BCUT2D eigenvalue weighted by Crippen LogP contribution is 1.83. The van der Waals surface area contributed by atoms with Crippen molar-refractivity contribution in [3.8, 4) is 0 Å². The molecule has 0 saturated heterocycles. The molecule has 1 N–H and O–H groups in total. The Hall–Kier alpha value is -0.330. The fraction of sp³-hybridized carbons (Fsp3) is 0.333. The van der Waals surface area contributed by atoms with Gasteiger partial charge in [-0.1, -0.05) is 0 Å². The number of halogens is 1. The lowest BCUT2D eigenvalue weighted by Crippen LogP contribution is -2.20. The van der Waals surface area contributed by atoms with Gasteiger partial charge in [-0.3, -0.25) is 4.79 Å². The van der Waals surface area contributed by atoms with E-state index in [1.165, 1.54) is 23.0 Å². The molecule has 0 saturated carbocycles. The lowest BCUT2D eigenvalue weighted by atomic mass is 10.7. The smallest absolute Gasteiger partial charge is 0.334 e. The molecule has 5 heteroatoms. The summed E-state index contributed by atoms with van der Waals surface area (Å²) in [6.07, 6.45) is 0.438. The average molecular weight is 229 g/mol. The Morgan fingerprint density at radius 1 is 1.88 bits per heavy atom. The molecule has 0 aromatic heterocycles. The third-order valence-corrected chi connectivity index (χ3v) is 0.907. The summed E-state index contributed by atoms with van der Waals surface area (Å²) in [4.78, 5) is 19.6. The lowest BCUT2D eigenvalue weighted by Gasteiger charge is -1.91. The molecule has 4 nitrogen and oxygen atoms in total. The lowest BCUT2D eigenvalue weighted by molar-refractivity contribution is -0.131. The second-order valence-corrected chi connectivity index (χ2v) is 1.39. The van der Waals surface area contributed by atoms with Crippen molar-refractivity contribution in [1.29, 1.82) is 0 Å². The molecule has 0 fully saturated rings. The molecule has 0 radical (unpaired) electrons. The fourth-order valence-corrected chi connectivity index (χ4v) is 0.308. The van der Waals surface area contributed by atoms with Crippen molar-refractivity contribution >= 4 is 35.4 Å². The maximum atomic E-state index is 10.1. The van der Waals surface area contributed by atoms with Crippen molar-refractivity contribution in [3.05, 3.63) is 0 Å². The highest BCUT2D eigenvalue weighted by molar-refractivity contribution is 14.1. The van der Waals surface area contributed by atoms with E-state index in [1.807, 2.05) is 0 Å². The van der Waals surface area contributed by atoms with Gasteiger partial charge in [0.05, 0.1) is 0 Å². The zero-order valence-electron chi connectivity index (χ0n) is 3.89. The molecule has 0 unspecified atom stereocenters. The first-order chi connectivity index (χ1) is 3.81. The number of carbonyl (C=O) groups is 2. The Bertz CT molecular complexity index is 94.5. The van der Waals surface area contributed by atoms with Crippen LogP contribution in [0.2, 0.25) is 0 Å². The van der Waals surface area contributed by atoms with Gasteiger partial charge in [0.25, 0.3) is 0 Å². The first-order valence-electron chi connectivity index (χ1n) is 1.79. The van der Waals surface area contributed by atoms with E-state index in [1.54, 1.807) is 0 Å². The van der Waals surface area contributed by atoms with Crippen LogP contribution >= 0.6 is 23.0 Å². The van der Waals surface area contributed by atoms with Gasteiger partial charge in [0.2, 0.25) is 6.41 Å². The molecule has 0 aliphatic rings. The molecule has 8 heavy (non-hydrogen) atoms. The predicted octanol–water partition coefficient (Wildman–Crippen LogP) is -0.374. The molecule has 0 aliphatic heterocycles. The van der Waals surface area contributed by atoms with E-state index in [-0.39, 0.29) is 6.54 Å². The third kappa shape index (κ3) is 3.85. The van der Waals surface area contributed by atoms with E-state index in [4.69, 9.17) is 0 Å². The van der Waals surface area contributed by atoms with Gasteiger partial charge >= 0.3 is 5.97 Å². The van der Waals surface area contributed by atoms with Crippen LogP contribution in [0.5, 0.6) is 0 Å². The van der Waals surface area contributed by atoms with E-state index in [2.05, 4.69) is 8.38 Å². The van der Waals surface area contributed by atoms with Crippen molar-refractivity contribution in [3.63, 3.8) is 0 Å². The number of hydrogen-bond acceptors (Lipinski definition) is 3. The molecule has 0 heterocycles. The van der Waals surface area contributed by atoms with E-state index in [9.17, 15) is 9.59 Å². The highest BCUT2D eigenvalue weighted by atomic mass is 127. The monoisotopic (exact) mass is 229 g/mol. The maximum Gasteiger partial charge on any atom is 0.334 e. The molecule has 0 bridgehead atoms. The number of nitrogens with one attached hydrogen (secondary N) is 1. The summed E-state index contributed by atoms with van der Waals surface area (Å²) in [5.41, 5.74) is 0. The van der Waals surface area contributed by atoms with Crippen LogP contribution < -0.4 is 5.32 Å². The Morgan fingerprint density at radius 2 is 2.50 bits per heavy atom. The zero-order chi connectivity index (χ0) is 6.41. The summed E-state index contributed by atoms with van der Waals surface area (Å²) >= 11 is 1.45. The van der Waals surface area contributed by atoms with Gasteiger partial charge in [0.15, 0.2) is 23.0 Å². The highest BCUT2D eigenvalue weighted by Gasteiger charge is 1.95. The van der Waals surface area contributed by atoms with Crippen molar-refractivity contribution in [2.24, 2.45) is 0 Å². The van der Waals surface area contributed by atoms with E-state index >= 15 is 0 Å². The van der Waals surface area contributed by atoms with Gasteiger partial charge < -0.3 is 8.38 Å². The minimum Gasteiger partial charge on any atom is -0.393 e. The Morgan fingerprint density at radius 3 is 2.88 bits per heavy atom. The summed E-state index contributed by atoms with van der Waals surface area (Å²) in [5, 5.41) is 2.14. The second-order valence-electron chi connectivity index (χ2n) is 0.948. The molecular weight excluding hydrogens is 225 g/mol. The van der Waals surface area contributed by atoms with Gasteiger partial charge in [-0.25, -0.2) is 4.79 Å². The van der Waals surface area contributed by atoms with E-state index < -0.39 is 5.97 Å². The van der Waals surface area contributed by atoms with Gasteiger partial charge in [-0.2, -0.15) is 0 Å². The number of rotatable bonds is 3. The van der Waals surface area contributed by atoms with Crippen LogP contribution in [-0.2, 0) is 12.7 Å². The first kappa shape index (κ1) is 7.67. The summed E-state index contributed by atoms with van der Waals surface area (Å²) in [6.45, 7) is -0.0631. The predicted molar refractivity (Wildman–Crippen MR) is 34.2 cm³/mol. The Labute approximate surface area is 60.3 Å². The van der Waals surface area contributed by atoms with Crippen molar-refractivity contribution in [2.45, 2.75) is 0 Å². The Balaban J connectivity index is 3.11. The molecule has 0 rings (SSSR count). The minimum absolute atomic E-state index is 0.0631. The third-order valence-electron chi connectivity index (χ3n) is 0.416. The van der Waals surface area contributed by atoms with E-state index in [0.717, 1.165) is 0 Å². The molecule has 0 aliphatic carbocycles. The first-order valence-corrected chi connectivity index (χ1v) is 2.67. The van der Waals surface area contributed by atoms with Crippen molar-refractivity contribution in [1.82, 2.24) is 5.32 Å². The molecule has 0 aromatic carbocycles. The average Bonchev–Trinajstić information content (AvgIpc) is 1.83. The molecule has 0 aromatic rings. The SMILES string of the molecule is O=CNCC(=O)OI. The quantitative estimate of drug-likeness (QED) is 0.530. The van der Waals surface area contributed by atoms with Crippen LogP contribution in [0.4, 0.5) is 0 Å². The number of amides is 1. The maximum absolute atomic E-state index is 10.1. The fourth-order valence-electron chi connectivity index (χ4n) is 0.152. The summed E-state index contributed by atoms with van der Waals surface area (Å²) in [7, 11) is 0.